The average Bonchev–Trinajstić information content (AvgIpc) is 3.02. The molecule has 0 spiro atoms. The van der Waals surface area contributed by atoms with Crippen molar-refractivity contribution in [2.75, 3.05) is 4.90 Å². The number of thioether (sulfide) groups is 1. The van der Waals surface area contributed by atoms with E-state index < -0.39 is 0 Å². The fraction of sp³-hybridized carbons (Fsp3) is 0. The van der Waals surface area contributed by atoms with Crippen molar-refractivity contribution >= 4 is 34.6 Å². The minimum atomic E-state index is -0.383. The van der Waals surface area contributed by atoms with Crippen molar-refractivity contribution in [1.29, 1.82) is 5.41 Å². The molecule has 1 saturated heterocycles. The molecule has 0 atom stereocenters. The Labute approximate surface area is 118 Å². The Hall–Kier alpha value is -2.34. The third-order valence-electron chi connectivity index (χ3n) is 2.72. The molecule has 6 heteroatoms. The first-order valence-electron chi connectivity index (χ1n) is 5.77. The fourth-order valence-electron chi connectivity index (χ4n) is 1.81. The SMILES string of the molecule is N=C1S/C(=C\c2ccco2)C(=O)N1c1ccc(F)cc1. The first-order valence-corrected chi connectivity index (χ1v) is 6.58. The van der Waals surface area contributed by atoms with Gasteiger partial charge in [0.15, 0.2) is 5.17 Å². The van der Waals surface area contributed by atoms with Crippen LogP contribution in [0.5, 0.6) is 0 Å². The summed E-state index contributed by atoms with van der Waals surface area (Å²) in [6.45, 7) is 0. The molecular weight excluding hydrogens is 279 g/mol. The number of hydrogen-bond donors (Lipinski definition) is 1. The fourth-order valence-corrected chi connectivity index (χ4v) is 2.66. The van der Waals surface area contributed by atoms with E-state index in [2.05, 4.69) is 0 Å². The number of amidine groups is 1. The van der Waals surface area contributed by atoms with Crippen molar-refractivity contribution in [2.45, 2.75) is 0 Å². The highest BCUT2D eigenvalue weighted by Gasteiger charge is 2.33. The van der Waals surface area contributed by atoms with Crippen LogP contribution in [0.15, 0.2) is 52.0 Å². The van der Waals surface area contributed by atoms with E-state index in [1.165, 1.54) is 35.4 Å². The second kappa shape index (κ2) is 4.97. The van der Waals surface area contributed by atoms with Crippen LogP contribution in [0.1, 0.15) is 5.76 Å². The van der Waals surface area contributed by atoms with E-state index in [1.54, 1.807) is 18.2 Å². The molecule has 1 N–H and O–H groups in total. The van der Waals surface area contributed by atoms with Gasteiger partial charge in [0.2, 0.25) is 0 Å². The van der Waals surface area contributed by atoms with Crippen LogP contribution in [-0.2, 0) is 4.79 Å². The number of halogens is 1. The summed E-state index contributed by atoms with van der Waals surface area (Å²) in [6.07, 6.45) is 3.10. The van der Waals surface area contributed by atoms with Gasteiger partial charge >= 0.3 is 0 Å². The lowest BCUT2D eigenvalue weighted by Crippen LogP contribution is -2.28. The van der Waals surface area contributed by atoms with Crippen LogP contribution in [0.25, 0.3) is 6.08 Å². The number of nitrogens with zero attached hydrogens (tertiary/aromatic N) is 1. The molecule has 20 heavy (non-hydrogen) atoms. The van der Waals surface area contributed by atoms with Gasteiger partial charge in [0.1, 0.15) is 11.6 Å². The summed E-state index contributed by atoms with van der Waals surface area (Å²) in [6, 6.07) is 8.91. The third-order valence-corrected chi connectivity index (χ3v) is 3.61. The smallest absolute Gasteiger partial charge is 0.271 e. The van der Waals surface area contributed by atoms with Crippen LogP contribution in [-0.4, -0.2) is 11.1 Å². The van der Waals surface area contributed by atoms with Crippen molar-refractivity contribution in [3.63, 3.8) is 0 Å². The van der Waals surface area contributed by atoms with Gasteiger partial charge in [-0.05, 0) is 48.2 Å². The van der Waals surface area contributed by atoms with Gasteiger partial charge in [-0.3, -0.25) is 15.1 Å². The van der Waals surface area contributed by atoms with E-state index in [0.717, 1.165) is 11.8 Å². The number of furan rings is 1. The van der Waals surface area contributed by atoms with Gasteiger partial charge in [0.05, 0.1) is 16.9 Å². The zero-order valence-electron chi connectivity index (χ0n) is 10.2. The number of carbonyl (C=O) groups excluding carboxylic acids is 1. The van der Waals surface area contributed by atoms with Gasteiger partial charge in [-0.1, -0.05) is 0 Å². The summed E-state index contributed by atoms with van der Waals surface area (Å²) in [4.78, 5) is 13.9. The number of carbonyl (C=O) groups is 1. The normalized spacial score (nSPS) is 17.2. The average molecular weight is 288 g/mol. The van der Waals surface area contributed by atoms with E-state index in [0.29, 0.717) is 16.4 Å². The molecule has 1 amide bonds. The minimum absolute atomic E-state index is 0.0828. The van der Waals surface area contributed by atoms with Gasteiger partial charge in [-0.2, -0.15) is 0 Å². The second-order valence-electron chi connectivity index (χ2n) is 4.05. The van der Waals surface area contributed by atoms with Gasteiger partial charge < -0.3 is 4.42 Å². The van der Waals surface area contributed by atoms with Crippen molar-refractivity contribution < 1.29 is 13.6 Å². The van der Waals surface area contributed by atoms with E-state index in [4.69, 9.17) is 9.83 Å². The summed E-state index contributed by atoms with van der Waals surface area (Å²) in [5.41, 5.74) is 0.469. The van der Waals surface area contributed by atoms with Gasteiger partial charge in [0.25, 0.3) is 5.91 Å². The van der Waals surface area contributed by atoms with Crippen LogP contribution in [0, 0.1) is 11.2 Å². The Morgan fingerprint density at radius 2 is 2.00 bits per heavy atom. The summed E-state index contributed by atoms with van der Waals surface area (Å²) >= 11 is 1.05. The van der Waals surface area contributed by atoms with Crippen LogP contribution < -0.4 is 4.90 Å². The maximum absolute atomic E-state index is 12.9. The molecular formula is C14H9FN2O2S. The largest absolute Gasteiger partial charge is 0.465 e. The molecule has 0 bridgehead atoms. The Morgan fingerprint density at radius 1 is 1.25 bits per heavy atom. The first-order chi connectivity index (χ1) is 9.65. The lowest BCUT2D eigenvalue weighted by Gasteiger charge is -2.13. The summed E-state index contributed by atoms with van der Waals surface area (Å²) in [5, 5.41) is 7.97. The third kappa shape index (κ3) is 2.25. The van der Waals surface area contributed by atoms with Crippen molar-refractivity contribution in [1.82, 2.24) is 0 Å². The van der Waals surface area contributed by atoms with Crippen LogP contribution in [0.4, 0.5) is 10.1 Å². The van der Waals surface area contributed by atoms with Crippen molar-refractivity contribution in [2.24, 2.45) is 0 Å². The Bertz CT molecular complexity index is 692. The van der Waals surface area contributed by atoms with Crippen LogP contribution in [0.3, 0.4) is 0 Å². The summed E-state index contributed by atoms with van der Waals surface area (Å²) in [5.74, 6) is -0.149. The maximum atomic E-state index is 12.9. The van der Waals surface area contributed by atoms with E-state index in [9.17, 15) is 9.18 Å². The first kappa shape index (κ1) is 12.7. The zero-order chi connectivity index (χ0) is 14.1. The molecule has 100 valence electrons. The van der Waals surface area contributed by atoms with Gasteiger partial charge in [0, 0.05) is 6.08 Å². The highest BCUT2D eigenvalue weighted by molar-refractivity contribution is 8.19. The van der Waals surface area contributed by atoms with E-state index >= 15 is 0 Å². The van der Waals surface area contributed by atoms with Crippen molar-refractivity contribution in [3.05, 3.63) is 59.1 Å². The minimum Gasteiger partial charge on any atom is -0.465 e. The molecule has 3 rings (SSSR count). The molecule has 0 radical (unpaired) electrons. The number of rotatable bonds is 2. The van der Waals surface area contributed by atoms with Crippen LogP contribution >= 0.6 is 11.8 Å². The predicted octanol–water partition coefficient (Wildman–Crippen LogP) is 3.47. The Balaban J connectivity index is 1.93. The van der Waals surface area contributed by atoms with Gasteiger partial charge in [-0.25, -0.2) is 4.39 Å². The summed E-state index contributed by atoms with van der Waals surface area (Å²) < 4.78 is 18.1. The Morgan fingerprint density at radius 3 is 2.65 bits per heavy atom. The molecule has 1 fully saturated rings. The molecule has 1 aliphatic heterocycles. The molecule has 2 aromatic rings. The lowest BCUT2D eigenvalue weighted by molar-refractivity contribution is -0.113. The highest BCUT2D eigenvalue weighted by Crippen LogP contribution is 2.35. The summed E-state index contributed by atoms with van der Waals surface area (Å²) in [7, 11) is 0. The standard InChI is InChI=1S/C14H9FN2O2S/c15-9-3-5-10(6-4-9)17-13(18)12(20-14(17)16)8-11-2-1-7-19-11/h1-8,16H/b12-8-,16-14?. The predicted molar refractivity (Wildman–Crippen MR) is 75.9 cm³/mol. The molecule has 0 unspecified atom stereocenters. The lowest BCUT2D eigenvalue weighted by atomic mass is 10.2. The number of anilines is 1. The quantitative estimate of drug-likeness (QED) is 0.861. The molecule has 1 aromatic carbocycles. The molecule has 1 aromatic heterocycles. The molecule has 0 saturated carbocycles. The van der Waals surface area contributed by atoms with Crippen LogP contribution in [0.2, 0.25) is 0 Å². The molecule has 1 aliphatic rings. The van der Waals surface area contributed by atoms with E-state index in [-0.39, 0.29) is 16.9 Å². The number of nitrogens with one attached hydrogen (secondary N) is 1. The van der Waals surface area contributed by atoms with Crippen molar-refractivity contribution in [3.8, 4) is 0 Å². The van der Waals surface area contributed by atoms with Gasteiger partial charge in [-0.15, -0.1) is 0 Å². The second-order valence-corrected chi connectivity index (χ2v) is 5.08. The number of benzene rings is 1. The Kier molecular flexibility index (Phi) is 3.15. The zero-order valence-corrected chi connectivity index (χ0v) is 11.0. The topological polar surface area (TPSA) is 57.3 Å². The number of hydrogen-bond acceptors (Lipinski definition) is 4. The van der Waals surface area contributed by atoms with E-state index in [1.807, 2.05) is 0 Å². The maximum Gasteiger partial charge on any atom is 0.271 e. The monoisotopic (exact) mass is 288 g/mol. The molecule has 4 nitrogen and oxygen atoms in total. The highest BCUT2D eigenvalue weighted by atomic mass is 32.2. The molecule has 0 aliphatic carbocycles. The molecule has 2 heterocycles. The number of amides is 1.